The molecule has 0 aliphatic rings. The molecular formula is C7H8N6O2S. The van der Waals surface area contributed by atoms with Crippen molar-refractivity contribution in [2.24, 2.45) is 7.05 Å². The molecule has 0 bridgehead atoms. The highest BCUT2D eigenvalue weighted by Gasteiger charge is 2.12. The molecule has 84 valence electrons. The van der Waals surface area contributed by atoms with Crippen molar-refractivity contribution in [3.63, 3.8) is 0 Å². The Kier molecular flexibility index (Phi) is 2.86. The maximum absolute atomic E-state index is 10.4. The predicted octanol–water partition coefficient (Wildman–Crippen LogP) is -0.223. The van der Waals surface area contributed by atoms with E-state index in [1.807, 2.05) is 0 Å². The van der Waals surface area contributed by atoms with Gasteiger partial charge < -0.3 is 5.11 Å². The summed E-state index contributed by atoms with van der Waals surface area (Å²) in [6.07, 6.45) is 1.50. The normalized spacial score (nSPS) is 10.6. The first-order valence-electron chi connectivity index (χ1n) is 4.28. The van der Waals surface area contributed by atoms with Crippen LogP contribution in [0.2, 0.25) is 0 Å². The molecule has 0 saturated heterocycles. The second-order valence-electron chi connectivity index (χ2n) is 2.88. The Morgan fingerprint density at radius 1 is 1.69 bits per heavy atom. The minimum absolute atomic E-state index is 0.0508. The van der Waals surface area contributed by atoms with Gasteiger partial charge in [-0.3, -0.25) is 4.79 Å². The second kappa shape index (κ2) is 4.31. The highest BCUT2D eigenvalue weighted by atomic mass is 32.2. The van der Waals surface area contributed by atoms with Crippen molar-refractivity contribution in [2.45, 2.75) is 5.16 Å². The highest BCUT2D eigenvalue weighted by Crippen LogP contribution is 2.18. The average Bonchev–Trinajstić information content (AvgIpc) is 2.83. The number of thioether (sulfide) groups is 1. The van der Waals surface area contributed by atoms with Crippen LogP contribution in [0.25, 0.3) is 11.5 Å². The highest BCUT2D eigenvalue weighted by molar-refractivity contribution is 7.99. The molecule has 9 heteroatoms. The van der Waals surface area contributed by atoms with Crippen molar-refractivity contribution in [2.75, 3.05) is 5.75 Å². The Hall–Kier alpha value is -1.90. The fraction of sp³-hybridized carbons (Fsp3) is 0.286. The van der Waals surface area contributed by atoms with Crippen LogP contribution >= 0.6 is 11.8 Å². The number of nitrogens with one attached hydrogen (secondary N) is 1. The van der Waals surface area contributed by atoms with Crippen molar-refractivity contribution in [1.82, 2.24) is 30.2 Å². The van der Waals surface area contributed by atoms with Crippen LogP contribution in [0.15, 0.2) is 11.4 Å². The van der Waals surface area contributed by atoms with Crippen molar-refractivity contribution >= 4 is 17.7 Å². The van der Waals surface area contributed by atoms with E-state index in [2.05, 4.69) is 25.5 Å². The van der Waals surface area contributed by atoms with Gasteiger partial charge in [0, 0.05) is 7.05 Å². The molecule has 0 aromatic carbocycles. The summed E-state index contributed by atoms with van der Waals surface area (Å²) in [6, 6.07) is 0. The van der Waals surface area contributed by atoms with Gasteiger partial charge in [0.2, 0.25) is 5.82 Å². The summed E-state index contributed by atoms with van der Waals surface area (Å²) in [5, 5.41) is 23.1. The topological polar surface area (TPSA) is 110 Å². The number of rotatable bonds is 4. The van der Waals surface area contributed by atoms with Gasteiger partial charge in [0.05, 0.1) is 11.9 Å². The van der Waals surface area contributed by atoms with Crippen LogP contribution in [0.1, 0.15) is 0 Å². The molecule has 2 rings (SSSR count). The molecule has 0 amide bonds. The molecule has 0 aliphatic carbocycles. The zero-order valence-electron chi connectivity index (χ0n) is 8.28. The summed E-state index contributed by atoms with van der Waals surface area (Å²) >= 11 is 1.10. The summed E-state index contributed by atoms with van der Waals surface area (Å²) in [6.45, 7) is 0. The summed E-state index contributed by atoms with van der Waals surface area (Å²) in [5.74, 6) is -0.523. The van der Waals surface area contributed by atoms with E-state index >= 15 is 0 Å². The summed E-state index contributed by atoms with van der Waals surface area (Å²) in [5.41, 5.74) is 0.526. The van der Waals surface area contributed by atoms with E-state index in [9.17, 15) is 4.79 Å². The fourth-order valence-electron chi connectivity index (χ4n) is 1.04. The first kappa shape index (κ1) is 10.6. The number of nitrogens with zero attached hydrogens (tertiary/aromatic N) is 5. The second-order valence-corrected chi connectivity index (χ2v) is 3.82. The van der Waals surface area contributed by atoms with Crippen molar-refractivity contribution in [3.05, 3.63) is 6.20 Å². The third kappa shape index (κ3) is 2.19. The maximum Gasteiger partial charge on any atom is 0.313 e. The van der Waals surface area contributed by atoms with Gasteiger partial charge in [-0.1, -0.05) is 11.8 Å². The van der Waals surface area contributed by atoms with Gasteiger partial charge in [0.15, 0.2) is 10.9 Å². The van der Waals surface area contributed by atoms with Crippen LogP contribution < -0.4 is 0 Å². The van der Waals surface area contributed by atoms with Gasteiger partial charge in [-0.05, 0) is 0 Å². The van der Waals surface area contributed by atoms with E-state index in [1.165, 1.54) is 10.9 Å². The Morgan fingerprint density at radius 3 is 3.12 bits per heavy atom. The standard InChI is InChI=1S/C7H8N6O2S/c1-13-7(16-3-5(14)15)9-6(11-13)4-2-8-12-10-4/h2H,3H2,1H3,(H,14,15)(H,8,10,12). The molecule has 2 aromatic heterocycles. The molecule has 0 spiro atoms. The predicted molar refractivity (Wildman–Crippen MR) is 54.7 cm³/mol. The fourth-order valence-corrected chi connectivity index (χ4v) is 1.67. The lowest BCUT2D eigenvalue weighted by Gasteiger charge is -1.94. The van der Waals surface area contributed by atoms with Crippen LogP contribution in [-0.2, 0) is 11.8 Å². The van der Waals surface area contributed by atoms with E-state index < -0.39 is 5.97 Å². The number of carbonyl (C=O) groups is 1. The molecule has 0 unspecified atom stereocenters. The minimum atomic E-state index is -0.893. The molecule has 0 aliphatic heterocycles. The number of carboxylic acid groups (broad SMARTS) is 1. The molecular weight excluding hydrogens is 232 g/mol. The number of H-pyrrole nitrogens is 1. The van der Waals surface area contributed by atoms with Crippen LogP contribution in [0.5, 0.6) is 0 Å². The number of hydrogen-bond acceptors (Lipinski definition) is 6. The third-order valence-electron chi connectivity index (χ3n) is 1.69. The Bertz CT molecular complexity index is 493. The summed E-state index contributed by atoms with van der Waals surface area (Å²) in [4.78, 5) is 14.6. The first-order valence-corrected chi connectivity index (χ1v) is 5.27. The quantitative estimate of drug-likeness (QED) is 0.710. The molecule has 2 N–H and O–H groups in total. The molecule has 0 atom stereocenters. The SMILES string of the molecule is Cn1nc(-c2cn[nH]n2)nc1SCC(=O)O. The van der Waals surface area contributed by atoms with Gasteiger partial charge in [0.1, 0.15) is 0 Å². The van der Waals surface area contributed by atoms with Crippen molar-refractivity contribution < 1.29 is 9.90 Å². The van der Waals surface area contributed by atoms with Gasteiger partial charge >= 0.3 is 5.97 Å². The molecule has 2 aromatic rings. The van der Waals surface area contributed by atoms with Gasteiger partial charge in [-0.2, -0.15) is 20.4 Å². The third-order valence-corrected chi connectivity index (χ3v) is 2.70. The van der Waals surface area contributed by atoms with Crippen LogP contribution in [0, 0.1) is 0 Å². The van der Waals surface area contributed by atoms with Crippen molar-refractivity contribution in [1.29, 1.82) is 0 Å². The Labute approximate surface area is 94.1 Å². The molecule has 0 fully saturated rings. The lowest BCUT2D eigenvalue weighted by Crippen LogP contribution is -2.00. The van der Waals surface area contributed by atoms with E-state index in [1.54, 1.807) is 7.05 Å². The van der Waals surface area contributed by atoms with Gasteiger partial charge in [-0.15, -0.1) is 5.10 Å². The minimum Gasteiger partial charge on any atom is -0.481 e. The summed E-state index contributed by atoms with van der Waals surface area (Å²) < 4.78 is 1.51. The number of aliphatic carboxylic acids is 1. The Balaban J connectivity index is 2.19. The van der Waals surface area contributed by atoms with Crippen LogP contribution in [0.4, 0.5) is 0 Å². The van der Waals surface area contributed by atoms with Crippen LogP contribution in [-0.4, -0.2) is 47.0 Å². The number of carboxylic acids is 1. The number of aryl methyl sites for hydroxylation is 1. The molecule has 2 heterocycles. The van der Waals surface area contributed by atoms with E-state index in [0.717, 1.165) is 11.8 Å². The van der Waals surface area contributed by atoms with Crippen LogP contribution in [0.3, 0.4) is 0 Å². The lowest BCUT2D eigenvalue weighted by atomic mass is 10.5. The summed E-state index contributed by atoms with van der Waals surface area (Å²) in [7, 11) is 1.70. The van der Waals surface area contributed by atoms with Gasteiger partial charge in [0.25, 0.3) is 0 Å². The number of aromatic nitrogens is 6. The van der Waals surface area contributed by atoms with Gasteiger partial charge in [-0.25, -0.2) is 4.68 Å². The van der Waals surface area contributed by atoms with E-state index in [4.69, 9.17) is 5.11 Å². The maximum atomic E-state index is 10.4. The average molecular weight is 240 g/mol. The lowest BCUT2D eigenvalue weighted by molar-refractivity contribution is -0.133. The zero-order valence-corrected chi connectivity index (χ0v) is 9.10. The molecule has 8 nitrogen and oxygen atoms in total. The first-order chi connectivity index (χ1) is 7.66. The number of hydrogen-bond donors (Lipinski definition) is 2. The smallest absolute Gasteiger partial charge is 0.313 e. The molecule has 16 heavy (non-hydrogen) atoms. The van der Waals surface area contributed by atoms with E-state index in [-0.39, 0.29) is 5.75 Å². The molecule has 0 radical (unpaired) electrons. The van der Waals surface area contributed by atoms with Crippen molar-refractivity contribution in [3.8, 4) is 11.5 Å². The van der Waals surface area contributed by atoms with E-state index in [0.29, 0.717) is 16.7 Å². The molecule has 0 saturated carbocycles. The zero-order chi connectivity index (χ0) is 11.5. The monoisotopic (exact) mass is 240 g/mol. The number of aromatic amines is 1. The largest absolute Gasteiger partial charge is 0.481 e. The Morgan fingerprint density at radius 2 is 2.50 bits per heavy atom.